The number of carbonyl (C=O) groups is 2. The van der Waals surface area contributed by atoms with Crippen molar-refractivity contribution in [3.05, 3.63) is 55.4 Å². The molecule has 2 aromatic rings. The van der Waals surface area contributed by atoms with Crippen molar-refractivity contribution < 1.29 is 28.6 Å². The van der Waals surface area contributed by atoms with Gasteiger partial charge in [-0.05, 0) is 91.6 Å². The Kier molecular flexibility index (Phi) is 6.86. The number of fused-ring (bicyclic) bond motifs is 1. The molecule has 172 valence electrons. The van der Waals surface area contributed by atoms with Crippen molar-refractivity contribution in [3.8, 4) is 5.75 Å². The molecule has 6 nitrogen and oxygen atoms in total. The lowest BCUT2D eigenvalue weighted by molar-refractivity contribution is -0.160. The molecule has 1 heterocycles. The van der Waals surface area contributed by atoms with Crippen LogP contribution in [0.4, 0.5) is 10.1 Å². The van der Waals surface area contributed by atoms with Gasteiger partial charge >= 0.3 is 5.97 Å². The highest BCUT2D eigenvalue weighted by Crippen LogP contribution is 2.41. The van der Waals surface area contributed by atoms with E-state index < -0.39 is 23.5 Å². The van der Waals surface area contributed by atoms with Crippen molar-refractivity contribution >= 4 is 40.2 Å². The summed E-state index contributed by atoms with van der Waals surface area (Å²) < 4.78 is 26.2. The number of benzene rings is 2. The summed E-state index contributed by atoms with van der Waals surface area (Å²) in [5, 5.41) is 9.91. The van der Waals surface area contributed by atoms with Gasteiger partial charge in [0.15, 0.2) is 17.7 Å². The summed E-state index contributed by atoms with van der Waals surface area (Å²) in [7, 11) is 1.37. The number of aliphatic carboxylic acids is 1. The van der Waals surface area contributed by atoms with Gasteiger partial charge in [0.1, 0.15) is 0 Å². The number of nitrogens with zero attached hydrogens (tertiary/aromatic N) is 1. The Balaban J connectivity index is 2.15. The second-order valence-electron chi connectivity index (χ2n) is 8.83. The molecule has 0 bridgehead atoms. The van der Waals surface area contributed by atoms with Crippen LogP contribution in [0.3, 0.4) is 0 Å². The molecule has 1 aliphatic heterocycles. The monoisotopic (exact) mass is 555 g/mol. The maximum absolute atomic E-state index is 14.3. The number of carboxylic acids is 1. The van der Waals surface area contributed by atoms with E-state index >= 15 is 0 Å². The van der Waals surface area contributed by atoms with Gasteiger partial charge in [0.2, 0.25) is 5.91 Å². The van der Waals surface area contributed by atoms with E-state index in [-0.39, 0.29) is 24.6 Å². The molecule has 0 radical (unpaired) electrons. The van der Waals surface area contributed by atoms with E-state index in [9.17, 15) is 19.1 Å². The van der Waals surface area contributed by atoms with Crippen molar-refractivity contribution in [2.24, 2.45) is 0 Å². The molecular weight excluding hydrogens is 528 g/mol. The van der Waals surface area contributed by atoms with Crippen molar-refractivity contribution in [2.75, 3.05) is 12.0 Å². The SMILES string of the molecule is COc1c(F)cccc1N1Cc2c(C)c(I)c([C@H](OC(C)(C)C)C(=O)O)c(C)c2CC1=O. The third kappa shape index (κ3) is 4.47. The van der Waals surface area contributed by atoms with Crippen LogP contribution >= 0.6 is 22.6 Å². The number of anilines is 1. The number of ether oxygens (including phenoxy) is 2. The second-order valence-corrected chi connectivity index (χ2v) is 9.91. The molecule has 0 aliphatic carbocycles. The molecule has 1 N–H and O–H groups in total. The van der Waals surface area contributed by atoms with Gasteiger partial charge in [0.05, 0.1) is 31.4 Å². The van der Waals surface area contributed by atoms with Crippen molar-refractivity contribution in [1.82, 2.24) is 0 Å². The average Bonchev–Trinajstić information content (AvgIpc) is 2.70. The number of amides is 1. The molecule has 1 atom stereocenters. The zero-order valence-corrected chi connectivity index (χ0v) is 21.2. The third-order valence-electron chi connectivity index (χ3n) is 5.58. The van der Waals surface area contributed by atoms with Crippen LogP contribution in [0.2, 0.25) is 0 Å². The number of rotatable bonds is 5. The topological polar surface area (TPSA) is 76.1 Å². The smallest absolute Gasteiger partial charge is 0.337 e. The molecule has 3 rings (SSSR count). The molecule has 0 spiro atoms. The third-order valence-corrected chi connectivity index (χ3v) is 6.97. The first kappa shape index (κ1) is 24.4. The molecule has 0 saturated carbocycles. The van der Waals surface area contributed by atoms with Gasteiger partial charge in [0, 0.05) is 9.13 Å². The minimum atomic E-state index is -1.15. The highest BCUT2D eigenvalue weighted by Gasteiger charge is 2.36. The highest BCUT2D eigenvalue weighted by molar-refractivity contribution is 14.1. The first-order valence-corrected chi connectivity index (χ1v) is 11.3. The summed E-state index contributed by atoms with van der Waals surface area (Å²) >= 11 is 2.15. The number of para-hydroxylation sites is 1. The first-order chi connectivity index (χ1) is 14.9. The van der Waals surface area contributed by atoms with Crippen molar-refractivity contribution in [3.63, 3.8) is 0 Å². The normalized spacial score (nSPS) is 14.9. The average molecular weight is 555 g/mol. The molecule has 0 unspecified atom stereocenters. The first-order valence-electron chi connectivity index (χ1n) is 10.2. The van der Waals surface area contributed by atoms with E-state index in [1.54, 1.807) is 12.1 Å². The number of hydrogen-bond acceptors (Lipinski definition) is 4. The van der Waals surface area contributed by atoms with Crippen LogP contribution < -0.4 is 9.64 Å². The lowest BCUT2D eigenvalue weighted by Gasteiger charge is -2.34. The molecule has 1 aliphatic rings. The highest BCUT2D eigenvalue weighted by atomic mass is 127. The number of hydrogen-bond donors (Lipinski definition) is 1. The summed E-state index contributed by atoms with van der Waals surface area (Å²) in [5.74, 6) is -1.80. The largest absolute Gasteiger partial charge is 0.492 e. The van der Waals surface area contributed by atoms with Crippen LogP contribution in [0.15, 0.2) is 18.2 Å². The molecule has 2 aromatic carbocycles. The molecular formula is C24H27FINO5. The van der Waals surface area contributed by atoms with Crippen LogP contribution in [0.25, 0.3) is 0 Å². The summed E-state index contributed by atoms with van der Waals surface area (Å²) in [6.07, 6.45) is -1.07. The van der Waals surface area contributed by atoms with Gasteiger partial charge in [-0.15, -0.1) is 0 Å². The van der Waals surface area contributed by atoms with E-state index in [4.69, 9.17) is 9.47 Å². The fourth-order valence-corrected chi connectivity index (χ4v) is 5.10. The van der Waals surface area contributed by atoms with Crippen LogP contribution in [-0.2, 0) is 27.3 Å². The van der Waals surface area contributed by atoms with Crippen LogP contribution in [0.1, 0.15) is 54.7 Å². The Morgan fingerprint density at radius 3 is 2.44 bits per heavy atom. The van der Waals surface area contributed by atoms with Gasteiger partial charge in [-0.25, -0.2) is 9.18 Å². The fraction of sp³-hybridized carbons (Fsp3) is 0.417. The Labute approximate surface area is 200 Å². The second kappa shape index (κ2) is 8.97. The Morgan fingerprint density at radius 1 is 1.22 bits per heavy atom. The van der Waals surface area contributed by atoms with E-state index in [0.29, 0.717) is 11.3 Å². The van der Waals surface area contributed by atoms with E-state index in [2.05, 4.69) is 22.6 Å². The standard InChI is InChI=1S/C24H27FINO5/c1-12-14-10-18(28)27(17-9-7-8-16(25)21(17)31-6)11-15(14)13(2)20(26)19(12)22(23(29)30)32-24(3,4)5/h7-9,22H,10-11H2,1-6H3,(H,29,30)/t22-/m0/s1. The van der Waals surface area contributed by atoms with Gasteiger partial charge in [-0.1, -0.05) is 6.07 Å². The molecule has 8 heteroatoms. The Hall–Kier alpha value is -2.20. The van der Waals surface area contributed by atoms with Crippen LogP contribution in [-0.4, -0.2) is 29.7 Å². The fourth-order valence-electron chi connectivity index (χ4n) is 4.09. The molecule has 1 amide bonds. The molecule has 0 aromatic heterocycles. The number of carboxylic acid groups (broad SMARTS) is 1. The van der Waals surface area contributed by atoms with E-state index in [1.165, 1.54) is 18.1 Å². The van der Waals surface area contributed by atoms with Gasteiger partial charge < -0.3 is 19.5 Å². The van der Waals surface area contributed by atoms with Gasteiger partial charge in [-0.3, -0.25) is 4.79 Å². The molecule has 32 heavy (non-hydrogen) atoms. The zero-order chi connectivity index (χ0) is 24.0. The number of methoxy groups -OCH3 is 1. The molecule has 0 saturated heterocycles. The predicted molar refractivity (Wildman–Crippen MR) is 128 cm³/mol. The van der Waals surface area contributed by atoms with E-state index in [1.807, 2.05) is 34.6 Å². The summed E-state index contributed by atoms with van der Waals surface area (Å²) in [4.78, 5) is 26.8. The number of halogens is 2. The van der Waals surface area contributed by atoms with Crippen LogP contribution in [0.5, 0.6) is 5.75 Å². The van der Waals surface area contributed by atoms with Crippen LogP contribution in [0, 0.1) is 23.2 Å². The van der Waals surface area contributed by atoms with E-state index in [0.717, 1.165) is 25.8 Å². The molecule has 0 fully saturated rings. The lowest BCUT2D eigenvalue weighted by atomic mass is 9.86. The minimum Gasteiger partial charge on any atom is -0.492 e. The summed E-state index contributed by atoms with van der Waals surface area (Å²) in [5.41, 5.74) is 3.65. The minimum absolute atomic E-state index is 0.0227. The summed E-state index contributed by atoms with van der Waals surface area (Å²) in [6, 6.07) is 4.49. The Bertz CT molecular complexity index is 1090. The quantitative estimate of drug-likeness (QED) is 0.521. The Morgan fingerprint density at radius 2 is 1.88 bits per heavy atom. The van der Waals surface area contributed by atoms with Gasteiger partial charge in [0.25, 0.3) is 0 Å². The lowest BCUT2D eigenvalue weighted by Crippen LogP contribution is -2.38. The van der Waals surface area contributed by atoms with Crippen molar-refractivity contribution in [1.29, 1.82) is 0 Å². The van der Waals surface area contributed by atoms with Crippen molar-refractivity contribution in [2.45, 2.75) is 59.3 Å². The predicted octanol–water partition coefficient (Wildman–Crippen LogP) is 5.09. The van der Waals surface area contributed by atoms with Gasteiger partial charge in [-0.2, -0.15) is 0 Å². The zero-order valence-electron chi connectivity index (χ0n) is 19.0. The number of carbonyl (C=O) groups excluding carboxylic acids is 1. The maximum atomic E-state index is 14.3. The maximum Gasteiger partial charge on any atom is 0.337 e. The summed E-state index contributed by atoms with van der Waals surface area (Å²) in [6.45, 7) is 9.42.